The summed E-state index contributed by atoms with van der Waals surface area (Å²) in [5, 5.41) is 11.7. The number of aliphatic hydroxyl groups excluding tert-OH is 1. The zero-order chi connectivity index (χ0) is 15.8. The Morgan fingerprint density at radius 3 is 2.59 bits per heavy atom. The molecule has 2 aromatic rings. The smallest absolute Gasteiger partial charge is 0.331 e. The van der Waals surface area contributed by atoms with Gasteiger partial charge < -0.3 is 15.2 Å². The van der Waals surface area contributed by atoms with Gasteiger partial charge in [-0.25, -0.2) is 4.79 Å². The van der Waals surface area contributed by atoms with Crippen LogP contribution in [0, 0.1) is 0 Å². The minimum Gasteiger partial charge on any atom is -0.459 e. The van der Waals surface area contributed by atoms with Crippen molar-refractivity contribution >= 4 is 11.9 Å². The quantitative estimate of drug-likeness (QED) is 0.774. The second-order valence-electron chi connectivity index (χ2n) is 4.54. The molecule has 1 aromatic heterocycles. The van der Waals surface area contributed by atoms with Crippen molar-refractivity contribution in [1.29, 1.82) is 0 Å². The van der Waals surface area contributed by atoms with Gasteiger partial charge in [0.15, 0.2) is 6.04 Å². The molecule has 0 unspecified atom stereocenters. The van der Waals surface area contributed by atoms with Gasteiger partial charge in [0.2, 0.25) is 0 Å². The van der Waals surface area contributed by atoms with Crippen LogP contribution in [0.1, 0.15) is 15.9 Å². The first-order valence-corrected chi connectivity index (χ1v) is 6.73. The predicted molar refractivity (Wildman–Crippen MR) is 78.8 cm³/mol. The lowest BCUT2D eigenvalue weighted by atomic mass is 10.2. The summed E-state index contributed by atoms with van der Waals surface area (Å²) in [6.45, 7) is -0.460. The molecule has 0 aliphatic rings. The molecule has 22 heavy (non-hydrogen) atoms. The molecule has 0 radical (unpaired) electrons. The van der Waals surface area contributed by atoms with Gasteiger partial charge in [-0.2, -0.15) is 0 Å². The topological polar surface area (TPSA) is 88.5 Å². The van der Waals surface area contributed by atoms with Crippen LogP contribution in [0.4, 0.5) is 0 Å². The minimum absolute atomic E-state index is 0.0823. The maximum absolute atomic E-state index is 11.9. The second kappa shape index (κ2) is 7.90. The fraction of sp³-hybridized carbons (Fsp3) is 0.188. The predicted octanol–water partition coefficient (Wildman–Crippen LogP) is 0.916. The van der Waals surface area contributed by atoms with Crippen LogP contribution in [-0.2, 0) is 16.1 Å². The Labute approximate surface area is 127 Å². The van der Waals surface area contributed by atoms with Gasteiger partial charge >= 0.3 is 5.97 Å². The number of ether oxygens (including phenoxy) is 1. The molecule has 114 valence electrons. The number of nitrogens with zero attached hydrogens (tertiary/aromatic N) is 1. The van der Waals surface area contributed by atoms with Gasteiger partial charge in [0.25, 0.3) is 5.91 Å². The number of esters is 1. The molecule has 0 saturated heterocycles. The number of carbonyl (C=O) groups is 2. The Kier molecular flexibility index (Phi) is 5.62. The van der Waals surface area contributed by atoms with Gasteiger partial charge in [-0.3, -0.25) is 9.78 Å². The third-order valence-corrected chi connectivity index (χ3v) is 2.92. The molecular formula is C16H16N2O4. The molecule has 2 rings (SSSR count). The highest BCUT2D eigenvalue weighted by Crippen LogP contribution is 2.03. The van der Waals surface area contributed by atoms with E-state index >= 15 is 0 Å². The molecule has 0 aliphatic heterocycles. The highest BCUT2D eigenvalue weighted by Gasteiger charge is 2.22. The molecule has 6 nitrogen and oxygen atoms in total. The van der Waals surface area contributed by atoms with Crippen LogP contribution in [0.5, 0.6) is 0 Å². The largest absolute Gasteiger partial charge is 0.459 e. The van der Waals surface area contributed by atoms with E-state index in [0.29, 0.717) is 5.56 Å². The molecule has 1 amide bonds. The van der Waals surface area contributed by atoms with Crippen LogP contribution in [0.2, 0.25) is 0 Å². The van der Waals surface area contributed by atoms with Crippen LogP contribution in [-0.4, -0.2) is 34.6 Å². The fourth-order valence-electron chi connectivity index (χ4n) is 1.75. The first-order valence-electron chi connectivity index (χ1n) is 6.73. The number of rotatable bonds is 6. The molecule has 6 heteroatoms. The first-order chi connectivity index (χ1) is 10.7. The van der Waals surface area contributed by atoms with Gasteiger partial charge in [-0.15, -0.1) is 0 Å². The summed E-state index contributed by atoms with van der Waals surface area (Å²) >= 11 is 0. The summed E-state index contributed by atoms with van der Waals surface area (Å²) in [5.74, 6) is -1.19. The number of aliphatic hydroxyl groups is 1. The van der Waals surface area contributed by atoms with Crippen molar-refractivity contribution in [1.82, 2.24) is 10.3 Å². The molecule has 0 spiro atoms. The van der Waals surface area contributed by atoms with Crippen molar-refractivity contribution in [2.45, 2.75) is 12.6 Å². The standard InChI is InChI=1S/C16H16N2O4/c19-10-14(18-15(20)13-7-4-8-17-9-13)16(21)22-11-12-5-2-1-3-6-12/h1-9,14,19H,10-11H2,(H,18,20)/t14-/m0/s1. The lowest BCUT2D eigenvalue weighted by Crippen LogP contribution is -2.44. The van der Waals surface area contributed by atoms with Crippen molar-refractivity contribution in [3.63, 3.8) is 0 Å². The minimum atomic E-state index is -1.11. The van der Waals surface area contributed by atoms with Gasteiger partial charge in [0, 0.05) is 12.4 Å². The Balaban J connectivity index is 1.90. The average Bonchev–Trinajstić information content (AvgIpc) is 2.59. The summed E-state index contributed by atoms with van der Waals surface area (Å²) in [4.78, 5) is 27.6. The number of hydrogen-bond acceptors (Lipinski definition) is 5. The second-order valence-corrected chi connectivity index (χ2v) is 4.54. The van der Waals surface area contributed by atoms with Gasteiger partial charge in [0.1, 0.15) is 6.61 Å². The Bertz CT molecular complexity index is 617. The molecule has 1 heterocycles. The molecule has 1 aromatic carbocycles. The molecule has 2 N–H and O–H groups in total. The zero-order valence-corrected chi connectivity index (χ0v) is 11.8. The average molecular weight is 300 g/mol. The van der Waals surface area contributed by atoms with E-state index in [9.17, 15) is 14.7 Å². The first kappa shape index (κ1) is 15.7. The van der Waals surface area contributed by atoms with Crippen molar-refractivity contribution in [2.24, 2.45) is 0 Å². The number of hydrogen-bond donors (Lipinski definition) is 2. The van der Waals surface area contributed by atoms with E-state index in [-0.39, 0.29) is 6.61 Å². The van der Waals surface area contributed by atoms with Crippen LogP contribution >= 0.6 is 0 Å². The fourth-order valence-corrected chi connectivity index (χ4v) is 1.75. The van der Waals surface area contributed by atoms with E-state index in [1.165, 1.54) is 12.4 Å². The zero-order valence-electron chi connectivity index (χ0n) is 11.8. The van der Waals surface area contributed by atoms with E-state index < -0.39 is 24.5 Å². The van der Waals surface area contributed by atoms with Crippen molar-refractivity contribution in [3.8, 4) is 0 Å². The Hall–Kier alpha value is -2.73. The molecule has 0 aliphatic carbocycles. The summed E-state index contributed by atoms with van der Waals surface area (Å²) < 4.78 is 5.09. The molecular weight excluding hydrogens is 284 g/mol. The molecule has 0 fully saturated rings. The van der Waals surface area contributed by atoms with Crippen molar-refractivity contribution < 1.29 is 19.4 Å². The molecule has 0 saturated carbocycles. The molecule has 0 bridgehead atoms. The number of amides is 1. The van der Waals surface area contributed by atoms with Gasteiger partial charge in [0.05, 0.1) is 12.2 Å². The van der Waals surface area contributed by atoms with Crippen molar-refractivity contribution in [2.75, 3.05) is 6.61 Å². The summed E-state index contributed by atoms with van der Waals surface area (Å²) in [5.41, 5.74) is 1.13. The van der Waals surface area contributed by atoms with E-state index in [2.05, 4.69) is 10.3 Å². The van der Waals surface area contributed by atoms with Crippen LogP contribution < -0.4 is 5.32 Å². The maximum atomic E-state index is 11.9. The lowest BCUT2D eigenvalue weighted by Gasteiger charge is -2.15. The van der Waals surface area contributed by atoms with Crippen molar-refractivity contribution in [3.05, 3.63) is 66.0 Å². The van der Waals surface area contributed by atoms with Gasteiger partial charge in [-0.1, -0.05) is 30.3 Å². The molecule has 1 atom stereocenters. The summed E-state index contributed by atoms with van der Waals surface area (Å²) in [6.07, 6.45) is 2.91. The van der Waals surface area contributed by atoms with Crippen LogP contribution in [0.25, 0.3) is 0 Å². The normalized spacial score (nSPS) is 11.5. The highest BCUT2D eigenvalue weighted by molar-refractivity contribution is 5.96. The maximum Gasteiger partial charge on any atom is 0.331 e. The van der Waals surface area contributed by atoms with E-state index in [1.54, 1.807) is 12.1 Å². The van der Waals surface area contributed by atoms with Crippen LogP contribution in [0.15, 0.2) is 54.9 Å². The Morgan fingerprint density at radius 1 is 1.18 bits per heavy atom. The van der Waals surface area contributed by atoms with E-state index in [4.69, 9.17) is 4.74 Å². The van der Waals surface area contributed by atoms with E-state index in [0.717, 1.165) is 5.56 Å². The number of carbonyl (C=O) groups excluding carboxylic acids is 2. The number of nitrogens with one attached hydrogen (secondary N) is 1. The number of aromatic nitrogens is 1. The Morgan fingerprint density at radius 2 is 1.95 bits per heavy atom. The third-order valence-electron chi connectivity index (χ3n) is 2.92. The lowest BCUT2D eigenvalue weighted by molar-refractivity contribution is -0.148. The summed E-state index contributed by atoms with van der Waals surface area (Å²) in [7, 11) is 0. The third kappa shape index (κ3) is 4.39. The monoisotopic (exact) mass is 300 g/mol. The SMILES string of the molecule is O=C(N[C@@H](CO)C(=O)OCc1ccccc1)c1cccnc1. The van der Waals surface area contributed by atoms with E-state index in [1.807, 2.05) is 30.3 Å². The van der Waals surface area contributed by atoms with Crippen LogP contribution in [0.3, 0.4) is 0 Å². The number of pyridine rings is 1. The highest BCUT2D eigenvalue weighted by atomic mass is 16.5. The number of benzene rings is 1. The van der Waals surface area contributed by atoms with Gasteiger partial charge in [-0.05, 0) is 17.7 Å². The summed E-state index contributed by atoms with van der Waals surface area (Å²) in [6, 6.07) is 11.2.